The Morgan fingerprint density at radius 3 is 2.82 bits per heavy atom. The van der Waals surface area contributed by atoms with E-state index in [0.29, 0.717) is 0 Å². The third kappa shape index (κ3) is 1.51. The molecule has 0 aliphatic carbocycles. The maximum absolute atomic E-state index is 11.6. The van der Waals surface area contributed by atoms with E-state index in [2.05, 4.69) is 4.98 Å². The van der Waals surface area contributed by atoms with Crippen LogP contribution in [0.3, 0.4) is 0 Å². The van der Waals surface area contributed by atoms with Crippen LogP contribution in [-0.4, -0.2) is 27.8 Å². The first-order valence-electron chi connectivity index (χ1n) is 5.38. The quantitative estimate of drug-likeness (QED) is 0.682. The van der Waals surface area contributed by atoms with Gasteiger partial charge < -0.3 is 9.47 Å². The normalized spacial score (nSPS) is 16.2. The molecule has 0 spiro atoms. The molecule has 1 aliphatic heterocycles. The fourth-order valence-corrected chi connectivity index (χ4v) is 2.11. The van der Waals surface area contributed by atoms with E-state index in [-0.39, 0.29) is 24.7 Å². The van der Waals surface area contributed by atoms with Gasteiger partial charge in [-0.2, -0.15) is 0 Å². The van der Waals surface area contributed by atoms with E-state index in [1.807, 2.05) is 29.8 Å². The van der Waals surface area contributed by atoms with Crippen LogP contribution in [0.2, 0.25) is 0 Å². The number of aryl methyl sites for hydroxylation is 1. The van der Waals surface area contributed by atoms with Gasteiger partial charge in [-0.15, -0.1) is 0 Å². The third-order valence-corrected chi connectivity index (χ3v) is 3.00. The number of carbonyl (C=O) groups excluding carboxylic acids is 2. The summed E-state index contributed by atoms with van der Waals surface area (Å²) in [6.07, 6.45) is 1.74. The molecule has 1 amide bonds. The lowest BCUT2D eigenvalue weighted by atomic mass is 10.2. The second-order valence-electron chi connectivity index (χ2n) is 4.22. The molecule has 1 aliphatic rings. The summed E-state index contributed by atoms with van der Waals surface area (Å²) in [5.74, 6) is -0.165. The smallest absolute Gasteiger partial charge is 0.234 e. The first-order chi connectivity index (χ1) is 8.15. The minimum Gasteiger partial charge on any atom is -0.334 e. The van der Waals surface area contributed by atoms with E-state index < -0.39 is 0 Å². The molecule has 3 rings (SSSR count). The van der Waals surface area contributed by atoms with Gasteiger partial charge in [0.25, 0.3) is 0 Å². The topological polar surface area (TPSA) is 55.2 Å². The molecular formula is C12H11N3O2. The van der Waals surface area contributed by atoms with Crippen LogP contribution in [0.1, 0.15) is 6.42 Å². The molecule has 5 heteroatoms. The number of amides is 1. The highest BCUT2D eigenvalue weighted by molar-refractivity contribution is 6.15. The van der Waals surface area contributed by atoms with Crippen LogP contribution in [0, 0.1) is 0 Å². The zero-order chi connectivity index (χ0) is 12.0. The Kier molecular flexibility index (Phi) is 2.01. The molecule has 0 radical (unpaired) electrons. The van der Waals surface area contributed by atoms with Crippen LogP contribution in [0.4, 0.5) is 5.69 Å². The van der Waals surface area contributed by atoms with Crippen molar-refractivity contribution in [2.24, 2.45) is 7.05 Å². The zero-order valence-corrected chi connectivity index (χ0v) is 9.38. The van der Waals surface area contributed by atoms with Crippen molar-refractivity contribution in [2.75, 3.05) is 11.4 Å². The fraction of sp³-hybridized carbons (Fsp3) is 0.250. The molecule has 2 aromatic rings. The molecular weight excluding hydrogens is 218 g/mol. The number of hydrogen-bond acceptors (Lipinski definition) is 3. The number of Topliss-reactive ketones (excluding diaryl/α,β-unsaturated/α-hetero) is 1. The number of anilines is 1. The van der Waals surface area contributed by atoms with Crippen molar-refractivity contribution in [1.82, 2.24) is 9.55 Å². The number of ketones is 1. The maximum atomic E-state index is 11.6. The van der Waals surface area contributed by atoms with Crippen LogP contribution in [0.15, 0.2) is 24.5 Å². The molecule has 2 heterocycles. The fourth-order valence-electron chi connectivity index (χ4n) is 2.11. The monoisotopic (exact) mass is 229 g/mol. The third-order valence-electron chi connectivity index (χ3n) is 3.00. The van der Waals surface area contributed by atoms with Crippen LogP contribution < -0.4 is 4.90 Å². The van der Waals surface area contributed by atoms with E-state index in [1.54, 1.807) is 6.33 Å². The first-order valence-corrected chi connectivity index (χ1v) is 5.38. The number of rotatable bonds is 1. The molecule has 1 aromatic carbocycles. The van der Waals surface area contributed by atoms with Crippen molar-refractivity contribution in [3.63, 3.8) is 0 Å². The number of nitrogens with zero attached hydrogens (tertiary/aromatic N) is 3. The summed E-state index contributed by atoms with van der Waals surface area (Å²) >= 11 is 0. The highest BCUT2D eigenvalue weighted by Crippen LogP contribution is 2.23. The summed E-state index contributed by atoms with van der Waals surface area (Å²) < 4.78 is 1.91. The molecule has 0 atom stereocenters. The number of hydrogen-bond donors (Lipinski definition) is 0. The Hall–Kier alpha value is -2.17. The predicted octanol–water partition coefficient (Wildman–Crippen LogP) is 0.879. The van der Waals surface area contributed by atoms with Crippen molar-refractivity contribution < 1.29 is 9.59 Å². The molecule has 0 N–H and O–H groups in total. The van der Waals surface area contributed by atoms with Gasteiger partial charge in [0.15, 0.2) is 5.78 Å². The van der Waals surface area contributed by atoms with Crippen molar-refractivity contribution >= 4 is 28.4 Å². The lowest BCUT2D eigenvalue weighted by Crippen LogP contribution is -2.24. The summed E-state index contributed by atoms with van der Waals surface area (Å²) in [5, 5.41) is 0. The van der Waals surface area contributed by atoms with Crippen molar-refractivity contribution in [3.8, 4) is 0 Å². The number of imidazole rings is 1. The number of aromatic nitrogens is 2. The highest BCUT2D eigenvalue weighted by atomic mass is 16.2. The number of fused-ring (bicyclic) bond motifs is 1. The summed E-state index contributed by atoms with van der Waals surface area (Å²) in [7, 11) is 1.92. The molecule has 1 aromatic heterocycles. The lowest BCUT2D eigenvalue weighted by molar-refractivity contribution is -0.121. The predicted molar refractivity (Wildman–Crippen MR) is 62.7 cm³/mol. The van der Waals surface area contributed by atoms with Gasteiger partial charge in [0, 0.05) is 12.7 Å². The lowest BCUT2D eigenvalue weighted by Gasteiger charge is -2.14. The van der Waals surface area contributed by atoms with E-state index in [9.17, 15) is 9.59 Å². The Labute approximate surface area is 97.7 Å². The van der Waals surface area contributed by atoms with Crippen LogP contribution >= 0.6 is 0 Å². The Morgan fingerprint density at radius 2 is 2.12 bits per heavy atom. The Bertz CT molecular complexity index is 630. The second-order valence-corrected chi connectivity index (χ2v) is 4.22. The summed E-state index contributed by atoms with van der Waals surface area (Å²) in [4.78, 5) is 28.6. The van der Waals surface area contributed by atoms with E-state index in [1.165, 1.54) is 4.90 Å². The van der Waals surface area contributed by atoms with Crippen LogP contribution in [0.5, 0.6) is 0 Å². The number of benzene rings is 1. The minimum absolute atomic E-state index is 0.0141. The molecule has 5 nitrogen and oxygen atoms in total. The number of carbonyl (C=O) groups is 2. The molecule has 1 fully saturated rings. The Balaban J connectivity index is 2.06. The molecule has 1 saturated heterocycles. The zero-order valence-electron chi connectivity index (χ0n) is 9.38. The summed E-state index contributed by atoms with van der Waals surface area (Å²) in [5.41, 5.74) is 2.58. The van der Waals surface area contributed by atoms with Gasteiger partial charge in [-0.3, -0.25) is 9.59 Å². The van der Waals surface area contributed by atoms with Crippen molar-refractivity contribution in [2.45, 2.75) is 6.42 Å². The van der Waals surface area contributed by atoms with Gasteiger partial charge in [0.2, 0.25) is 5.91 Å². The van der Waals surface area contributed by atoms with E-state index in [0.717, 1.165) is 16.7 Å². The SMILES string of the molecule is Cn1cnc2cc(N3CC(=O)CC3=O)ccc21. The minimum atomic E-state index is -0.134. The van der Waals surface area contributed by atoms with E-state index in [4.69, 9.17) is 0 Å². The molecule has 0 bridgehead atoms. The molecule has 17 heavy (non-hydrogen) atoms. The van der Waals surface area contributed by atoms with Crippen molar-refractivity contribution in [3.05, 3.63) is 24.5 Å². The molecule has 0 saturated carbocycles. The maximum Gasteiger partial charge on any atom is 0.234 e. The molecule has 0 unspecified atom stereocenters. The van der Waals surface area contributed by atoms with Crippen LogP contribution in [-0.2, 0) is 16.6 Å². The standard InChI is InChI=1S/C12H11N3O2/c1-14-7-13-10-4-8(2-3-11(10)14)15-6-9(16)5-12(15)17/h2-4,7H,5-6H2,1H3. The van der Waals surface area contributed by atoms with Gasteiger partial charge in [0.1, 0.15) is 0 Å². The largest absolute Gasteiger partial charge is 0.334 e. The van der Waals surface area contributed by atoms with Gasteiger partial charge in [-0.05, 0) is 18.2 Å². The highest BCUT2D eigenvalue weighted by Gasteiger charge is 2.28. The second kappa shape index (κ2) is 3.41. The van der Waals surface area contributed by atoms with Crippen molar-refractivity contribution in [1.29, 1.82) is 0 Å². The van der Waals surface area contributed by atoms with E-state index >= 15 is 0 Å². The van der Waals surface area contributed by atoms with Gasteiger partial charge in [-0.1, -0.05) is 0 Å². The summed E-state index contributed by atoms with van der Waals surface area (Å²) in [6, 6.07) is 5.60. The summed E-state index contributed by atoms with van der Waals surface area (Å²) in [6.45, 7) is 0.178. The van der Waals surface area contributed by atoms with Crippen LogP contribution in [0.25, 0.3) is 11.0 Å². The van der Waals surface area contributed by atoms with Gasteiger partial charge in [0.05, 0.1) is 30.3 Å². The average Bonchev–Trinajstić information content (AvgIpc) is 2.82. The van der Waals surface area contributed by atoms with Gasteiger partial charge in [-0.25, -0.2) is 4.98 Å². The average molecular weight is 229 g/mol. The first kappa shape index (κ1) is 10.0. The van der Waals surface area contributed by atoms with Gasteiger partial charge >= 0.3 is 0 Å². The Morgan fingerprint density at radius 1 is 1.29 bits per heavy atom. The molecule has 86 valence electrons.